The van der Waals surface area contributed by atoms with Gasteiger partial charge in [0.05, 0.1) is 5.56 Å². The lowest BCUT2D eigenvalue weighted by molar-refractivity contribution is 0.0698. The fourth-order valence-electron chi connectivity index (χ4n) is 1.59. The lowest BCUT2D eigenvalue weighted by Crippen LogP contribution is -2.02. The van der Waals surface area contributed by atoms with Gasteiger partial charge in [-0.2, -0.15) is 0 Å². The summed E-state index contributed by atoms with van der Waals surface area (Å²) in [5, 5.41) is 9.00. The average molecular weight is 292 g/mol. The Morgan fingerprint density at radius 2 is 1.82 bits per heavy atom. The number of nitrogen functional groups attached to an aromatic ring is 1. The first kappa shape index (κ1) is 11.7. The molecule has 2 aromatic carbocycles. The van der Waals surface area contributed by atoms with Gasteiger partial charge >= 0.3 is 5.97 Å². The summed E-state index contributed by atoms with van der Waals surface area (Å²) < 4.78 is 0.948. The molecule has 0 bridgehead atoms. The van der Waals surface area contributed by atoms with Crippen LogP contribution in [0.3, 0.4) is 0 Å². The molecule has 0 radical (unpaired) electrons. The van der Waals surface area contributed by atoms with Crippen LogP contribution >= 0.6 is 15.9 Å². The molecule has 0 fully saturated rings. The van der Waals surface area contributed by atoms with Crippen LogP contribution in [0.1, 0.15) is 10.4 Å². The fraction of sp³-hybridized carbons (Fsp3) is 0. The molecule has 86 valence electrons. The maximum absolute atomic E-state index is 11.0. The number of hydrogen-bond donors (Lipinski definition) is 2. The Labute approximate surface area is 107 Å². The molecule has 3 N–H and O–H groups in total. The Morgan fingerprint density at radius 3 is 2.47 bits per heavy atom. The highest BCUT2D eigenvalue weighted by atomic mass is 79.9. The summed E-state index contributed by atoms with van der Waals surface area (Å²) in [5.74, 6) is -1.01. The average Bonchev–Trinajstić information content (AvgIpc) is 2.29. The molecule has 0 atom stereocenters. The third-order valence-electron chi connectivity index (χ3n) is 2.44. The number of nitrogens with two attached hydrogens (primary N) is 1. The van der Waals surface area contributed by atoms with Crippen molar-refractivity contribution in [3.8, 4) is 11.1 Å². The van der Waals surface area contributed by atoms with E-state index in [1.54, 1.807) is 12.1 Å². The zero-order chi connectivity index (χ0) is 12.4. The third-order valence-corrected chi connectivity index (χ3v) is 2.93. The summed E-state index contributed by atoms with van der Waals surface area (Å²) >= 11 is 3.38. The minimum Gasteiger partial charge on any atom is -0.478 e. The summed E-state index contributed by atoms with van der Waals surface area (Å²) in [4.78, 5) is 11.0. The van der Waals surface area contributed by atoms with E-state index in [-0.39, 0.29) is 11.3 Å². The number of carboxylic acid groups (broad SMARTS) is 1. The number of anilines is 1. The van der Waals surface area contributed by atoms with E-state index in [1.807, 2.05) is 30.3 Å². The van der Waals surface area contributed by atoms with Gasteiger partial charge in [-0.1, -0.05) is 34.1 Å². The summed E-state index contributed by atoms with van der Waals surface area (Å²) in [5.41, 5.74) is 7.79. The molecule has 2 rings (SSSR count). The molecule has 17 heavy (non-hydrogen) atoms. The van der Waals surface area contributed by atoms with Crippen LogP contribution in [0.4, 0.5) is 5.69 Å². The zero-order valence-corrected chi connectivity index (χ0v) is 10.4. The van der Waals surface area contributed by atoms with Crippen LogP contribution in [0.25, 0.3) is 11.1 Å². The Kier molecular flexibility index (Phi) is 3.15. The molecule has 2 aromatic rings. The van der Waals surface area contributed by atoms with E-state index in [2.05, 4.69) is 15.9 Å². The predicted octanol–water partition coefficient (Wildman–Crippen LogP) is 3.40. The summed E-state index contributed by atoms with van der Waals surface area (Å²) in [7, 11) is 0. The Bertz CT molecular complexity index is 581. The molecule has 0 aliphatic carbocycles. The van der Waals surface area contributed by atoms with Crippen LogP contribution < -0.4 is 5.73 Å². The molecule has 0 heterocycles. The molecule has 0 saturated heterocycles. The minimum atomic E-state index is -1.01. The van der Waals surface area contributed by atoms with E-state index in [0.717, 1.165) is 15.6 Å². The van der Waals surface area contributed by atoms with Gasteiger partial charge in [0.1, 0.15) is 0 Å². The Hall–Kier alpha value is -1.81. The van der Waals surface area contributed by atoms with E-state index in [0.29, 0.717) is 0 Å². The van der Waals surface area contributed by atoms with Gasteiger partial charge in [0.15, 0.2) is 0 Å². The second-order valence-electron chi connectivity index (χ2n) is 3.62. The minimum absolute atomic E-state index is 0.127. The second kappa shape index (κ2) is 4.59. The van der Waals surface area contributed by atoms with E-state index in [9.17, 15) is 4.79 Å². The van der Waals surface area contributed by atoms with Crippen molar-refractivity contribution in [2.75, 3.05) is 5.73 Å². The van der Waals surface area contributed by atoms with Crippen molar-refractivity contribution in [1.29, 1.82) is 0 Å². The van der Waals surface area contributed by atoms with Crippen molar-refractivity contribution >= 4 is 27.6 Å². The highest BCUT2D eigenvalue weighted by Gasteiger charge is 2.09. The van der Waals surface area contributed by atoms with Crippen molar-refractivity contribution < 1.29 is 9.90 Å². The molecular weight excluding hydrogens is 282 g/mol. The number of benzene rings is 2. The number of aromatic carboxylic acids is 1. The van der Waals surface area contributed by atoms with Gasteiger partial charge in [0.25, 0.3) is 0 Å². The number of carbonyl (C=O) groups is 1. The number of carboxylic acids is 1. The van der Waals surface area contributed by atoms with Gasteiger partial charge in [0.2, 0.25) is 0 Å². The summed E-state index contributed by atoms with van der Waals surface area (Å²) in [6.07, 6.45) is 0. The van der Waals surface area contributed by atoms with Crippen molar-refractivity contribution in [3.63, 3.8) is 0 Å². The third kappa shape index (κ3) is 2.47. The SMILES string of the molecule is Nc1ccc(-c2cccc(Br)c2)cc1C(=O)O. The predicted molar refractivity (Wildman–Crippen MR) is 70.9 cm³/mol. The molecule has 3 nitrogen and oxygen atoms in total. The molecule has 0 saturated carbocycles. The maximum Gasteiger partial charge on any atom is 0.337 e. The van der Waals surface area contributed by atoms with E-state index >= 15 is 0 Å². The number of hydrogen-bond acceptors (Lipinski definition) is 2. The first-order chi connectivity index (χ1) is 8.08. The van der Waals surface area contributed by atoms with Gasteiger partial charge in [-0.15, -0.1) is 0 Å². The first-order valence-electron chi connectivity index (χ1n) is 4.96. The van der Waals surface area contributed by atoms with E-state index < -0.39 is 5.97 Å². The van der Waals surface area contributed by atoms with Crippen molar-refractivity contribution in [2.24, 2.45) is 0 Å². The van der Waals surface area contributed by atoms with Crippen LogP contribution in [0.5, 0.6) is 0 Å². The van der Waals surface area contributed by atoms with E-state index in [4.69, 9.17) is 10.8 Å². The van der Waals surface area contributed by atoms with Gasteiger partial charge in [-0.3, -0.25) is 0 Å². The first-order valence-corrected chi connectivity index (χ1v) is 5.76. The van der Waals surface area contributed by atoms with Gasteiger partial charge in [-0.25, -0.2) is 4.79 Å². The fourth-order valence-corrected chi connectivity index (χ4v) is 1.99. The van der Waals surface area contributed by atoms with Crippen molar-refractivity contribution in [3.05, 3.63) is 52.5 Å². The Balaban J connectivity index is 2.54. The highest BCUT2D eigenvalue weighted by molar-refractivity contribution is 9.10. The van der Waals surface area contributed by atoms with E-state index in [1.165, 1.54) is 0 Å². The zero-order valence-electron chi connectivity index (χ0n) is 8.85. The molecule has 0 unspecified atom stereocenters. The highest BCUT2D eigenvalue weighted by Crippen LogP contribution is 2.26. The topological polar surface area (TPSA) is 63.3 Å². The van der Waals surface area contributed by atoms with Gasteiger partial charge in [0, 0.05) is 10.2 Å². The summed E-state index contributed by atoms with van der Waals surface area (Å²) in [6, 6.07) is 12.7. The van der Waals surface area contributed by atoms with Crippen LogP contribution in [-0.4, -0.2) is 11.1 Å². The Morgan fingerprint density at radius 1 is 1.12 bits per heavy atom. The maximum atomic E-state index is 11.0. The molecule has 0 spiro atoms. The lowest BCUT2D eigenvalue weighted by atomic mass is 10.0. The van der Waals surface area contributed by atoms with Crippen molar-refractivity contribution in [1.82, 2.24) is 0 Å². The molecule has 0 aliphatic rings. The van der Waals surface area contributed by atoms with Crippen LogP contribution in [0.15, 0.2) is 46.9 Å². The monoisotopic (exact) mass is 291 g/mol. The normalized spacial score (nSPS) is 10.2. The second-order valence-corrected chi connectivity index (χ2v) is 4.53. The molecule has 0 aliphatic heterocycles. The molecular formula is C13H10BrNO2. The summed E-state index contributed by atoms with van der Waals surface area (Å²) in [6.45, 7) is 0. The largest absolute Gasteiger partial charge is 0.478 e. The molecule has 4 heteroatoms. The lowest BCUT2D eigenvalue weighted by Gasteiger charge is -2.06. The van der Waals surface area contributed by atoms with Crippen LogP contribution in [-0.2, 0) is 0 Å². The number of rotatable bonds is 2. The molecule has 0 amide bonds. The smallest absolute Gasteiger partial charge is 0.337 e. The van der Waals surface area contributed by atoms with Crippen molar-refractivity contribution in [2.45, 2.75) is 0 Å². The van der Waals surface area contributed by atoms with Gasteiger partial charge < -0.3 is 10.8 Å². The molecule has 0 aromatic heterocycles. The van der Waals surface area contributed by atoms with Crippen LogP contribution in [0, 0.1) is 0 Å². The number of halogens is 1. The quantitative estimate of drug-likeness (QED) is 0.834. The van der Waals surface area contributed by atoms with Crippen LogP contribution in [0.2, 0.25) is 0 Å². The standard InChI is InChI=1S/C13H10BrNO2/c14-10-3-1-2-8(6-10)9-4-5-12(15)11(7-9)13(16)17/h1-7H,15H2,(H,16,17). The van der Waals surface area contributed by atoms with Gasteiger partial charge in [-0.05, 0) is 35.4 Å².